The lowest BCUT2D eigenvalue weighted by Gasteiger charge is -2.31. The average molecular weight is 272 g/mol. The minimum absolute atomic E-state index is 0.0559. The van der Waals surface area contributed by atoms with E-state index in [0.717, 1.165) is 6.54 Å². The largest absolute Gasteiger partial charge is 0.459 e. The van der Waals surface area contributed by atoms with Crippen LogP contribution in [0.3, 0.4) is 0 Å². The lowest BCUT2D eigenvalue weighted by Crippen LogP contribution is -2.50. The predicted molar refractivity (Wildman–Crippen MR) is 70.7 cm³/mol. The number of carbonyl (C=O) groups is 2. The van der Waals surface area contributed by atoms with E-state index in [1.54, 1.807) is 27.8 Å². The van der Waals surface area contributed by atoms with Crippen molar-refractivity contribution < 1.29 is 19.1 Å². The summed E-state index contributed by atoms with van der Waals surface area (Å²) in [5, 5.41) is 0. The summed E-state index contributed by atoms with van der Waals surface area (Å²) in [4.78, 5) is 27.2. The van der Waals surface area contributed by atoms with E-state index in [4.69, 9.17) is 9.47 Å². The van der Waals surface area contributed by atoms with Gasteiger partial charge in [0.2, 0.25) is 0 Å². The van der Waals surface area contributed by atoms with E-state index in [0.29, 0.717) is 13.2 Å². The SMILES string of the molecule is CN1CCO[C@H](C(=O)N(C)CC(=O)OC(C)(C)C)C1. The zero-order valence-corrected chi connectivity index (χ0v) is 12.4. The fraction of sp³-hybridized carbons (Fsp3) is 0.846. The lowest BCUT2D eigenvalue weighted by molar-refractivity contribution is -0.161. The molecule has 0 unspecified atom stereocenters. The van der Waals surface area contributed by atoms with Gasteiger partial charge in [-0.2, -0.15) is 0 Å². The minimum atomic E-state index is -0.539. The number of rotatable bonds is 3. The highest BCUT2D eigenvalue weighted by Crippen LogP contribution is 2.09. The third kappa shape index (κ3) is 5.57. The summed E-state index contributed by atoms with van der Waals surface area (Å²) in [6.45, 7) is 7.24. The number of nitrogens with zero attached hydrogens (tertiary/aromatic N) is 2. The molecule has 0 radical (unpaired) electrons. The number of amides is 1. The van der Waals surface area contributed by atoms with Gasteiger partial charge in [-0.05, 0) is 27.8 Å². The summed E-state index contributed by atoms with van der Waals surface area (Å²) in [6, 6.07) is 0. The molecule has 1 aliphatic rings. The number of ether oxygens (including phenoxy) is 2. The van der Waals surface area contributed by atoms with Crippen molar-refractivity contribution in [3.8, 4) is 0 Å². The van der Waals surface area contributed by atoms with Crippen molar-refractivity contribution in [2.75, 3.05) is 40.3 Å². The monoisotopic (exact) mass is 272 g/mol. The van der Waals surface area contributed by atoms with E-state index in [1.165, 1.54) is 4.90 Å². The molecule has 6 heteroatoms. The number of carbonyl (C=O) groups excluding carboxylic acids is 2. The molecule has 1 amide bonds. The van der Waals surface area contributed by atoms with Crippen LogP contribution in [-0.2, 0) is 19.1 Å². The van der Waals surface area contributed by atoms with E-state index in [9.17, 15) is 9.59 Å². The Bertz CT molecular complexity index is 338. The molecule has 1 heterocycles. The molecule has 1 fully saturated rings. The molecular formula is C13H24N2O4. The smallest absolute Gasteiger partial charge is 0.326 e. The van der Waals surface area contributed by atoms with Crippen molar-refractivity contribution >= 4 is 11.9 Å². The molecule has 0 aromatic heterocycles. The Balaban J connectivity index is 2.46. The number of morpholine rings is 1. The number of hydrogen-bond donors (Lipinski definition) is 0. The second-order valence-corrected chi connectivity index (χ2v) is 5.90. The maximum Gasteiger partial charge on any atom is 0.326 e. The van der Waals surface area contributed by atoms with Crippen molar-refractivity contribution in [3.63, 3.8) is 0 Å². The Morgan fingerprint density at radius 2 is 2.05 bits per heavy atom. The number of esters is 1. The zero-order valence-electron chi connectivity index (χ0n) is 12.4. The Labute approximate surface area is 114 Å². The van der Waals surface area contributed by atoms with E-state index in [1.807, 2.05) is 11.9 Å². The van der Waals surface area contributed by atoms with Gasteiger partial charge in [0, 0.05) is 20.1 Å². The van der Waals surface area contributed by atoms with Gasteiger partial charge in [0.05, 0.1) is 6.61 Å². The topological polar surface area (TPSA) is 59.1 Å². The maximum atomic E-state index is 12.1. The quantitative estimate of drug-likeness (QED) is 0.683. The molecule has 1 atom stereocenters. The molecule has 0 saturated carbocycles. The van der Waals surface area contributed by atoms with Crippen molar-refractivity contribution in [3.05, 3.63) is 0 Å². The molecular weight excluding hydrogens is 248 g/mol. The van der Waals surface area contributed by atoms with Crippen molar-refractivity contribution in [2.24, 2.45) is 0 Å². The van der Waals surface area contributed by atoms with E-state index in [-0.39, 0.29) is 12.5 Å². The zero-order chi connectivity index (χ0) is 14.6. The van der Waals surface area contributed by atoms with E-state index in [2.05, 4.69) is 0 Å². The summed E-state index contributed by atoms with van der Waals surface area (Å²) in [7, 11) is 3.53. The van der Waals surface area contributed by atoms with Crippen LogP contribution in [-0.4, -0.2) is 73.7 Å². The molecule has 0 aromatic carbocycles. The van der Waals surface area contributed by atoms with Crippen LogP contribution in [0.4, 0.5) is 0 Å². The molecule has 6 nitrogen and oxygen atoms in total. The molecule has 1 saturated heterocycles. The number of hydrogen-bond acceptors (Lipinski definition) is 5. The molecule has 0 aliphatic carbocycles. The first-order valence-corrected chi connectivity index (χ1v) is 6.46. The summed E-state index contributed by atoms with van der Waals surface area (Å²) >= 11 is 0. The van der Waals surface area contributed by atoms with Gasteiger partial charge in [0.15, 0.2) is 0 Å². The van der Waals surface area contributed by atoms with Gasteiger partial charge in [-0.3, -0.25) is 9.59 Å². The van der Waals surface area contributed by atoms with Gasteiger partial charge < -0.3 is 19.3 Å². The Hall–Kier alpha value is -1.14. The summed E-state index contributed by atoms with van der Waals surface area (Å²) < 4.78 is 10.6. The Morgan fingerprint density at radius 1 is 1.42 bits per heavy atom. The van der Waals surface area contributed by atoms with Gasteiger partial charge in [-0.15, -0.1) is 0 Å². The fourth-order valence-electron chi connectivity index (χ4n) is 1.82. The second-order valence-electron chi connectivity index (χ2n) is 5.90. The summed E-state index contributed by atoms with van der Waals surface area (Å²) in [5.41, 5.74) is -0.539. The van der Waals surface area contributed by atoms with Crippen LogP contribution in [0.1, 0.15) is 20.8 Å². The van der Waals surface area contributed by atoms with Crippen LogP contribution in [0.2, 0.25) is 0 Å². The van der Waals surface area contributed by atoms with Crippen molar-refractivity contribution in [2.45, 2.75) is 32.5 Å². The van der Waals surface area contributed by atoms with Crippen LogP contribution in [0.15, 0.2) is 0 Å². The highest BCUT2D eigenvalue weighted by Gasteiger charge is 2.29. The molecule has 0 N–H and O–H groups in total. The molecule has 0 bridgehead atoms. The third-order valence-electron chi connectivity index (χ3n) is 2.71. The highest BCUT2D eigenvalue weighted by molar-refractivity contribution is 5.85. The van der Waals surface area contributed by atoms with Crippen molar-refractivity contribution in [1.82, 2.24) is 9.80 Å². The molecule has 1 aliphatic heterocycles. The van der Waals surface area contributed by atoms with Crippen LogP contribution >= 0.6 is 0 Å². The number of likely N-dealkylation sites (N-methyl/N-ethyl adjacent to an activating group) is 2. The van der Waals surface area contributed by atoms with Gasteiger partial charge in [0.25, 0.3) is 5.91 Å². The van der Waals surface area contributed by atoms with Gasteiger partial charge >= 0.3 is 5.97 Å². The molecule has 0 aromatic rings. The second kappa shape index (κ2) is 6.34. The van der Waals surface area contributed by atoms with Crippen LogP contribution < -0.4 is 0 Å². The van der Waals surface area contributed by atoms with Crippen molar-refractivity contribution in [1.29, 1.82) is 0 Å². The maximum absolute atomic E-state index is 12.1. The molecule has 110 valence electrons. The average Bonchev–Trinajstić information content (AvgIpc) is 2.25. The van der Waals surface area contributed by atoms with Gasteiger partial charge in [0.1, 0.15) is 18.2 Å². The van der Waals surface area contributed by atoms with Crippen LogP contribution in [0, 0.1) is 0 Å². The third-order valence-corrected chi connectivity index (χ3v) is 2.71. The van der Waals surface area contributed by atoms with Gasteiger partial charge in [-0.25, -0.2) is 0 Å². The fourth-order valence-corrected chi connectivity index (χ4v) is 1.82. The van der Waals surface area contributed by atoms with E-state index < -0.39 is 17.7 Å². The summed E-state index contributed by atoms with van der Waals surface area (Å²) in [6.07, 6.45) is -0.494. The predicted octanol–water partition coefficient (Wildman–Crippen LogP) is 0.117. The highest BCUT2D eigenvalue weighted by atomic mass is 16.6. The van der Waals surface area contributed by atoms with E-state index >= 15 is 0 Å². The molecule has 19 heavy (non-hydrogen) atoms. The first-order valence-electron chi connectivity index (χ1n) is 6.46. The lowest BCUT2D eigenvalue weighted by atomic mass is 10.2. The Kier molecular flexibility index (Phi) is 5.31. The first kappa shape index (κ1) is 15.9. The minimum Gasteiger partial charge on any atom is -0.459 e. The molecule has 1 rings (SSSR count). The standard InChI is InChI=1S/C13H24N2O4/c1-13(2,3)19-11(16)9-15(5)12(17)10-8-14(4)6-7-18-10/h10H,6-9H2,1-5H3/t10-/m0/s1. The van der Waals surface area contributed by atoms with Crippen LogP contribution in [0.5, 0.6) is 0 Å². The Morgan fingerprint density at radius 3 is 2.58 bits per heavy atom. The molecule has 0 spiro atoms. The first-order chi connectivity index (χ1) is 8.69. The summed E-state index contributed by atoms with van der Waals surface area (Å²) in [5.74, 6) is -0.593. The van der Waals surface area contributed by atoms with Crippen LogP contribution in [0.25, 0.3) is 0 Å². The normalized spacial score (nSPS) is 21.0. The van der Waals surface area contributed by atoms with Gasteiger partial charge in [-0.1, -0.05) is 0 Å².